The lowest BCUT2D eigenvalue weighted by Gasteiger charge is -2.18. The van der Waals surface area contributed by atoms with E-state index in [4.69, 9.17) is 29.4 Å². The lowest BCUT2D eigenvalue weighted by Crippen LogP contribution is -2.35. The first-order chi connectivity index (χ1) is 24.8. The maximum absolute atomic E-state index is 12.6. The van der Waals surface area contributed by atoms with E-state index < -0.39 is 5.97 Å². The number of nitrogens with one attached hydrogen (secondary N) is 1. The maximum Gasteiger partial charge on any atom is 0.353 e. The number of hydrogen-bond acceptors (Lipinski definition) is 8. The van der Waals surface area contributed by atoms with Gasteiger partial charge in [-0.3, -0.25) is 4.79 Å². The number of methoxy groups -OCH3 is 5. The minimum Gasteiger partial charge on any atom is -0.497 e. The van der Waals surface area contributed by atoms with E-state index in [1.165, 1.54) is 0 Å². The summed E-state index contributed by atoms with van der Waals surface area (Å²) in [6.45, 7) is 2.03. The van der Waals surface area contributed by atoms with E-state index >= 15 is 0 Å². The van der Waals surface area contributed by atoms with Crippen molar-refractivity contribution in [1.82, 2.24) is 14.5 Å². The predicted octanol–water partition coefficient (Wildman–Crippen LogP) is 6.06. The van der Waals surface area contributed by atoms with E-state index in [0.717, 1.165) is 45.0 Å². The molecule has 0 aliphatic carbocycles. The third-order valence-corrected chi connectivity index (χ3v) is 8.97. The Balaban J connectivity index is 0.000000177. The molecule has 0 unspecified atom stereocenters. The van der Waals surface area contributed by atoms with Crippen LogP contribution in [0.1, 0.15) is 21.0 Å². The summed E-state index contributed by atoms with van der Waals surface area (Å²) < 4.78 is 30.7. The zero-order valence-corrected chi connectivity index (χ0v) is 29.1. The van der Waals surface area contributed by atoms with Crippen LogP contribution in [0, 0.1) is 0 Å². The van der Waals surface area contributed by atoms with Crippen LogP contribution >= 0.6 is 0 Å². The van der Waals surface area contributed by atoms with Gasteiger partial charge in [0.05, 0.1) is 46.6 Å². The van der Waals surface area contributed by atoms with E-state index in [2.05, 4.69) is 9.88 Å². The number of aromatic nitrogens is 2. The second-order valence-electron chi connectivity index (χ2n) is 11.6. The highest BCUT2D eigenvalue weighted by Crippen LogP contribution is 2.43. The van der Waals surface area contributed by atoms with Gasteiger partial charge in [-0.1, -0.05) is 42.5 Å². The van der Waals surface area contributed by atoms with E-state index in [0.29, 0.717) is 59.6 Å². The lowest BCUT2D eigenvalue weighted by molar-refractivity contribution is 0.0686. The average molecular weight is 693 g/mol. The van der Waals surface area contributed by atoms with Gasteiger partial charge in [0.1, 0.15) is 17.1 Å². The maximum atomic E-state index is 12.6. The number of carboxylic acid groups (broad SMARTS) is 1. The summed E-state index contributed by atoms with van der Waals surface area (Å²) in [5.41, 5.74) is 11.6. The molecule has 0 atom stereocenters. The molecule has 3 heterocycles. The number of rotatable bonds is 10. The summed E-state index contributed by atoms with van der Waals surface area (Å²) in [4.78, 5) is 24.7. The molecule has 2 aromatic heterocycles. The number of carbonyl (C=O) groups excluding carboxylic acids is 1. The van der Waals surface area contributed by atoms with Crippen LogP contribution in [0.4, 0.5) is 0 Å². The van der Waals surface area contributed by atoms with E-state index in [1.54, 1.807) is 64.4 Å². The molecule has 264 valence electrons. The van der Waals surface area contributed by atoms with Gasteiger partial charge in [-0.05, 0) is 35.4 Å². The first-order valence-corrected chi connectivity index (χ1v) is 16.3. The molecule has 0 fully saturated rings. The molecule has 4 aromatic carbocycles. The molecule has 0 bridgehead atoms. The molecule has 4 N–H and O–H groups in total. The van der Waals surface area contributed by atoms with E-state index in [1.807, 2.05) is 54.6 Å². The molecule has 1 amide bonds. The highest BCUT2D eigenvalue weighted by molar-refractivity contribution is 6.12. The Kier molecular flexibility index (Phi) is 10.1. The molecular weight excluding hydrogens is 652 g/mol. The normalized spacial score (nSPS) is 12.1. The number of carbonyl (C=O) groups is 2. The second kappa shape index (κ2) is 14.8. The lowest BCUT2D eigenvalue weighted by atomic mass is 10.0. The SMILES string of the molecule is COc1cc2c(-c3ccccc3)c3n(c2cc1OC)CCNC3=O.COc1ccc(-c2c(C(=O)O)n(CCN)c3cc(OC)c(OC)cc23)cc1. The van der Waals surface area contributed by atoms with Crippen molar-refractivity contribution in [1.29, 1.82) is 0 Å². The Hall–Kier alpha value is -6.14. The topological polar surface area (TPSA) is 148 Å². The highest BCUT2D eigenvalue weighted by atomic mass is 16.5. The fourth-order valence-electron chi connectivity index (χ4n) is 6.71. The predicted molar refractivity (Wildman–Crippen MR) is 196 cm³/mol. The molecule has 1 aliphatic rings. The van der Waals surface area contributed by atoms with E-state index in [-0.39, 0.29) is 11.6 Å². The Morgan fingerprint density at radius 1 is 0.745 bits per heavy atom. The van der Waals surface area contributed by atoms with Crippen LogP contribution in [0.3, 0.4) is 0 Å². The van der Waals surface area contributed by atoms with Gasteiger partial charge in [0.15, 0.2) is 23.0 Å². The van der Waals surface area contributed by atoms with Crippen LogP contribution < -0.4 is 34.7 Å². The van der Waals surface area contributed by atoms with Crippen molar-refractivity contribution in [3.8, 4) is 51.0 Å². The van der Waals surface area contributed by atoms with E-state index in [9.17, 15) is 14.7 Å². The smallest absolute Gasteiger partial charge is 0.353 e. The van der Waals surface area contributed by atoms with Crippen molar-refractivity contribution >= 4 is 33.7 Å². The minimum absolute atomic E-state index is 0.0470. The molecule has 7 rings (SSSR count). The van der Waals surface area contributed by atoms with Crippen molar-refractivity contribution in [2.75, 3.05) is 48.6 Å². The van der Waals surface area contributed by atoms with Crippen LogP contribution in [0.2, 0.25) is 0 Å². The zero-order chi connectivity index (χ0) is 36.2. The fraction of sp³-hybridized carbons (Fsp3) is 0.231. The summed E-state index contributed by atoms with van der Waals surface area (Å²) >= 11 is 0. The van der Waals surface area contributed by atoms with Gasteiger partial charge in [-0.15, -0.1) is 0 Å². The molecule has 0 saturated heterocycles. The number of nitrogens with zero attached hydrogens (tertiary/aromatic N) is 2. The van der Waals surface area contributed by atoms with Gasteiger partial charge >= 0.3 is 5.97 Å². The van der Waals surface area contributed by atoms with Crippen LogP contribution in [-0.4, -0.2) is 74.8 Å². The van der Waals surface area contributed by atoms with Crippen LogP contribution in [0.25, 0.3) is 44.1 Å². The fourth-order valence-corrected chi connectivity index (χ4v) is 6.71. The molecule has 0 saturated carbocycles. The van der Waals surface area contributed by atoms with Crippen LogP contribution in [0.5, 0.6) is 28.7 Å². The Morgan fingerprint density at radius 3 is 1.84 bits per heavy atom. The number of ether oxygens (including phenoxy) is 5. The van der Waals surface area contributed by atoms with Crippen molar-refractivity contribution in [3.63, 3.8) is 0 Å². The van der Waals surface area contributed by atoms with Gasteiger partial charge in [-0.25, -0.2) is 4.79 Å². The summed E-state index contributed by atoms with van der Waals surface area (Å²) in [6.07, 6.45) is 0. The van der Waals surface area contributed by atoms with Gasteiger partial charge in [0.25, 0.3) is 5.91 Å². The van der Waals surface area contributed by atoms with Crippen molar-refractivity contribution in [2.45, 2.75) is 13.1 Å². The summed E-state index contributed by atoms with van der Waals surface area (Å²) in [5, 5.41) is 14.6. The minimum atomic E-state index is -1.02. The first-order valence-electron chi connectivity index (χ1n) is 16.3. The number of fused-ring (bicyclic) bond motifs is 4. The van der Waals surface area contributed by atoms with Crippen LogP contribution in [0.15, 0.2) is 78.9 Å². The number of aromatic carboxylic acids is 1. The number of hydrogen-bond donors (Lipinski definition) is 3. The molecule has 1 aliphatic heterocycles. The quantitative estimate of drug-likeness (QED) is 0.156. The zero-order valence-electron chi connectivity index (χ0n) is 29.1. The summed E-state index contributed by atoms with van der Waals surface area (Å²) in [5.74, 6) is 2.00. The molecule has 12 heteroatoms. The number of nitrogens with two attached hydrogens (primary N) is 1. The highest BCUT2D eigenvalue weighted by Gasteiger charge is 2.28. The van der Waals surface area contributed by atoms with Gasteiger partial charge in [0, 0.05) is 60.2 Å². The van der Waals surface area contributed by atoms with Crippen molar-refractivity contribution in [3.05, 3.63) is 90.3 Å². The Labute approximate surface area is 294 Å². The summed E-state index contributed by atoms with van der Waals surface area (Å²) in [7, 11) is 7.92. The molecule has 51 heavy (non-hydrogen) atoms. The second-order valence-corrected chi connectivity index (χ2v) is 11.6. The molecule has 0 spiro atoms. The first kappa shape index (κ1) is 34.7. The Bertz CT molecular complexity index is 2220. The third-order valence-electron chi connectivity index (χ3n) is 8.97. The standard InChI is InChI=1S/C20H22N2O5.C19H18N2O3/c1-25-13-6-4-12(5-7-13)18-14-10-16(26-2)17(27-3)11-15(14)22(9-8-21)19(18)20(23)24;1-23-15-10-13-14(11-16(15)24-2)21-9-8-20-19(22)18(21)17(13)12-6-4-3-5-7-12/h4-7,10-11H,8-9,21H2,1-3H3,(H,23,24);3-7,10-11H,8-9H2,1-2H3,(H,20,22). The third kappa shape index (κ3) is 6.25. The van der Waals surface area contributed by atoms with Gasteiger partial charge < -0.3 is 49.0 Å². The molecule has 6 aromatic rings. The van der Waals surface area contributed by atoms with Crippen LogP contribution in [-0.2, 0) is 13.1 Å². The number of amides is 1. The molecular formula is C39H40N4O8. The van der Waals surface area contributed by atoms with Gasteiger partial charge in [0.2, 0.25) is 0 Å². The Morgan fingerprint density at radius 2 is 1.29 bits per heavy atom. The monoisotopic (exact) mass is 692 g/mol. The molecule has 0 radical (unpaired) electrons. The number of benzene rings is 4. The van der Waals surface area contributed by atoms with Gasteiger partial charge in [-0.2, -0.15) is 0 Å². The van der Waals surface area contributed by atoms with Crippen molar-refractivity contribution < 1.29 is 38.4 Å². The molecule has 12 nitrogen and oxygen atoms in total. The van der Waals surface area contributed by atoms with Crippen molar-refractivity contribution in [2.24, 2.45) is 5.73 Å². The summed E-state index contributed by atoms with van der Waals surface area (Å²) in [6, 6.07) is 24.7. The number of carboxylic acids is 1. The largest absolute Gasteiger partial charge is 0.497 e. The average Bonchev–Trinajstić information content (AvgIpc) is 3.67.